The van der Waals surface area contributed by atoms with Crippen LogP contribution in [0.4, 0.5) is 10.8 Å². The Balaban J connectivity index is 2.02. The molecule has 0 saturated carbocycles. The SMILES string of the molecule is CCNC(=O)C(C)Sc1nnc(Nc2cccc(Cl)c2C)s1. The first-order valence-corrected chi connectivity index (χ1v) is 8.88. The molecule has 5 nitrogen and oxygen atoms in total. The van der Waals surface area contributed by atoms with E-state index in [1.54, 1.807) is 0 Å². The Morgan fingerprint density at radius 2 is 2.23 bits per heavy atom. The third-order valence-electron chi connectivity index (χ3n) is 2.91. The number of amides is 1. The number of halogens is 1. The molecule has 0 fully saturated rings. The fourth-order valence-electron chi connectivity index (χ4n) is 1.69. The highest BCUT2D eigenvalue weighted by Gasteiger charge is 2.16. The lowest BCUT2D eigenvalue weighted by Crippen LogP contribution is -2.30. The summed E-state index contributed by atoms with van der Waals surface area (Å²) in [4.78, 5) is 11.7. The van der Waals surface area contributed by atoms with E-state index in [-0.39, 0.29) is 11.2 Å². The van der Waals surface area contributed by atoms with Crippen molar-refractivity contribution in [2.75, 3.05) is 11.9 Å². The van der Waals surface area contributed by atoms with E-state index in [1.807, 2.05) is 39.0 Å². The molecule has 0 spiro atoms. The van der Waals surface area contributed by atoms with Crippen LogP contribution in [-0.4, -0.2) is 27.9 Å². The molecule has 1 heterocycles. The molecule has 0 aliphatic rings. The minimum absolute atomic E-state index is 0.00268. The van der Waals surface area contributed by atoms with E-state index in [1.165, 1.54) is 23.1 Å². The van der Waals surface area contributed by atoms with Crippen LogP contribution in [0.25, 0.3) is 0 Å². The number of hydrogen-bond acceptors (Lipinski definition) is 6. The molecular weight excluding hydrogens is 340 g/mol. The highest BCUT2D eigenvalue weighted by molar-refractivity contribution is 8.02. The van der Waals surface area contributed by atoms with E-state index in [0.29, 0.717) is 16.7 Å². The van der Waals surface area contributed by atoms with Crippen molar-refractivity contribution in [2.45, 2.75) is 30.4 Å². The van der Waals surface area contributed by atoms with Gasteiger partial charge >= 0.3 is 0 Å². The number of nitrogens with one attached hydrogen (secondary N) is 2. The van der Waals surface area contributed by atoms with Crippen molar-refractivity contribution >= 4 is 51.4 Å². The van der Waals surface area contributed by atoms with E-state index in [4.69, 9.17) is 11.6 Å². The number of thioether (sulfide) groups is 1. The summed E-state index contributed by atoms with van der Waals surface area (Å²) in [7, 11) is 0. The molecule has 0 saturated heterocycles. The van der Waals surface area contributed by atoms with Crippen LogP contribution in [0.2, 0.25) is 5.02 Å². The lowest BCUT2D eigenvalue weighted by molar-refractivity contribution is -0.120. The van der Waals surface area contributed by atoms with Crippen molar-refractivity contribution in [1.82, 2.24) is 15.5 Å². The van der Waals surface area contributed by atoms with Crippen molar-refractivity contribution in [1.29, 1.82) is 0 Å². The Kier molecular flexibility index (Phi) is 6.05. The largest absolute Gasteiger partial charge is 0.355 e. The zero-order chi connectivity index (χ0) is 16.1. The zero-order valence-corrected chi connectivity index (χ0v) is 14.9. The number of carbonyl (C=O) groups excluding carboxylic acids is 1. The van der Waals surface area contributed by atoms with Crippen molar-refractivity contribution in [3.8, 4) is 0 Å². The maximum atomic E-state index is 11.7. The molecule has 22 heavy (non-hydrogen) atoms. The number of nitrogens with zero attached hydrogens (tertiary/aromatic N) is 2. The van der Waals surface area contributed by atoms with E-state index in [2.05, 4.69) is 20.8 Å². The maximum absolute atomic E-state index is 11.7. The van der Waals surface area contributed by atoms with Gasteiger partial charge < -0.3 is 10.6 Å². The smallest absolute Gasteiger partial charge is 0.233 e. The Labute approximate surface area is 142 Å². The highest BCUT2D eigenvalue weighted by Crippen LogP contribution is 2.32. The number of hydrogen-bond donors (Lipinski definition) is 2. The second-order valence-electron chi connectivity index (χ2n) is 4.57. The third kappa shape index (κ3) is 4.34. The lowest BCUT2D eigenvalue weighted by Gasteiger charge is -2.08. The Bertz CT molecular complexity index is 662. The fourth-order valence-corrected chi connectivity index (χ4v) is 3.80. The van der Waals surface area contributed by atoms with Crippen molar-refractivity contribution < 1.29 is 4.79 Å². The van der Waals surface area contributed by atoms with E-state index in [9.17, 15) is 4.79 Å². The summed E-state index contributed by atoms with van der Waals surface area (Å²) in [5.74, 6) is 0.00268. The molecule has 1 unspecified atom stereocenters. The quantitative estimate of drug-likeness (QED) is 0.769. The highest BCUT2D eigenvalue weighted by atomic mass is 35.5. The number of carbonyl (C=O) groups is 1. The maximum Gasteiger partial charge on any atom is 0.233 e. The molecule has 8 heteroatoms. The topological polar surface area (TPSA) is 66.9 Å². The molecular formula is C14H17ClN4OS2. The number of benzene rings is 1. The van der Waals surface area contributed by atoms with Gasteiger partial charge in [0.25, 0.3) is 0 Å². The van der Waals surface area contributed by atoms with Gasteiger partial charge in [0, 0.05) is 17.3 Å². The van der Waals surface area contributed by atoms with Crippen LogP contribution in [0.1, 0.15) is 19.4 Å². The fraction of sp³-hybridized carbons (Fsp3) is 0.357. The minimum atomic E-state index is -0.200. The van der Waals surface area contributed by atoms with Gasteiger partial charge in [0.1, 0.15) is 0 Å². The average molecular weight is 357 g/mol. The molecule has 0 aliphatic carbocycles. The van der Waals surface area contributed by atoms with Gasteiger partial charge in [-0.25, -0.2) is 0 Å². The third-order valence-corrected chi connectivity index (χ3v) is 5.35. The van der Waals surface area contributed by atoms with Gasteiger partial charge in [-0.1, -0.05) is 40.8 Å². The van der Waals surface area contributed by atoms with Gasteiger partial charge in [-0.2, -0.15) is 0 Å². The van der Waals surface area contributed by atoms with Crippen molar-refractivity contribution in [2.24, 2.45) is 0 Å². The normalized spacial score (nSPS) is 12.0. The van der Waals surface area contributed by atoms with Crippen LogP contribution < -0.4 is 10.6 Å². The first kappa shape index (κ1) is 17.1. The Morgan fingerprint density at radius 3 is 2.95 bits per heavy atom. The Hall–Kier alpha value is -1.31. The Morgan fingerprint density at radius 1 is 1.45 bits per heavy atom. The summed E-state index contributed by atoms with van der Waals surface area (Å²) >= 11 is 8.91. The van der Waals surface area contributed by atoms with Gasteiger partial charge in [0.05, 0.1) is 5.25 Å². The molecule has 0 aliphatic heterocycles. The molecule has 1 aromatic heterocycles. The van der Waals surface area contributed by atoms with Crippen LogP contribution in [0.3, 0.4) is 0 Å². The van der Waals surface area contributed by atoms with Crippen LogP contribution in [0.5, 0.6) is 0 Å². The summed E-state index contributed by atoms with van der Waals surface area (Å²) in [5.41, 5.74) is 1.86. The van der Waals surface area contributed by atoms with Crippen LogP contribution in [0.15, 0.2) is 22.5 Å². The molecule has 2 N–H and O–H groups in total. The van der Waals surface area contributed by atoms with Crippen molar-refractivity contribution in [3.63, 3.8) is 0 Å². The molecule has 1 aromatic carbocycles. The number of anilines is 2. The molecule has 0 bridgehead atoms. The molecule has 2 aromatic rings. The first-order chi connectivity index (χ1) is 10.5. The molecule has 0 radical (unpaired) electrons. The monoisotopic (exact) mass is 356 g/mol. The molecule has 2 rings (SSSR count). The second-order valence-corrected chi connectivity index (χ2v) is 7.54. The minimum Gasteiger partial charge on any atom is -0.355 e. The number of aromatic nitrogens is 2. The average Bonchev–Trinajstić information content (AvgIpc) is 2.91. The van der Waals surface area contributed by atoms with Crippen LogP contribution >= 0.6 is 34.7 Å². The summed E-state index contributed by atoms with van der Waals surface area (Å²) in [6.45, 7) is 6.32. The van der Waals surface area contributed by atoms with E-state index >= 15 is 0 Å². The summed E-state index contributed by atoms with van der Waals surface area (Å²) in [6.07, 6.45) is 0. The van der Waals surface area contributed by atoms with Gasteiger partial charge in [0.2, 0.25) is 11.0 Å². The van der Waals surface area contributed by atoms with E-state index in [0.717, 1.165) is 15.6 Å². The zero-order valence-electron chi connectivity index (χ0n) is 12.5. The molecule has 118 valence electrons. The lowest BCUT2D eigenvalue weighted by atomic mass is 10.2. The standard InChI is InChI=1S/C14H17ClN4OS2/c1-4-16-12(20)9(3)21-14-19-18-13(22-14)17-11-7-5-6-10(15)8(11)2/h5-7,9H,4H2,1-3H3,(H,16,20)(H,17,18). The summed E-state index contributed by atoms with van der Waals surface area (Å²) in [5, 5.41) is 15.4. The second kappa shape index (κ2) is 7.80. The predicted octanol–water partition coefficient (Wildman–Crippen LogP) is 3.86. The van der Waals surface area contributed by atoms with Gasteiger partial charge in [0.15, 0.2) is 4.34 Å². The van der Waals surface area contributed by atoms with Gasteiger partial charge in [-0.15, -0.1) is 10.2 Å². The van der Waals surface area contributed by atoms with Gasteiger partial charge in [-0.05, 0) is 38.5 Å². The molecule has 1 amide bonds. The van der Waals surface area contributed by atoms with Crippen LogP contribution in [0, 0.1) is 6.92 Å². The summed E-state index contributed by atoms with van der Waals surface area (Å²) < 4.78 is 0.751. The van der Waals surface area contributed by atoms with Crippen LogP contribution in [-0.2, 0) is 4.79 Å². The van der Waals surface area contributed by atoms with E-state index < -0.39 is 0 Å². The summed E-state index contributed by atoms with van der Waals surface area (Å²) in [6, 6.07) is 5.66. The predicted molar refractivity (Wildman–Crippen MR) is 93.4 cm³/mol. The molecule has 1 atom stereocenters. The van der Waals surface area contributed by atoms with Crippen molar-refractivity contribution in [3.05, 3.63) is 28.8 Å². The first-order valence-electron chi connectivity index (χ1n) is 6.81. The number of rotatable bonds is 6. The van der Waals surface area contributed by atoms with Gasteiger partial charge in [-0.3, -0.25) is 4.79 Å².